The van der Waals surface area contributed by atoms with Crippen LogP contribution in [0, 0.1) is 6.92 Å². The first-order valence-corrected chi connectivity index (χ1v) is 9.18. The van der Waals surface area contributed by atoms with E-state index in [0.717, 1.165) is 35.7 Å². The van der Waals surface area contributed by atoms with Crippen molar-refractivity contribution in [3.8, 4) is 0 Å². The van der Waals surface area contributed by atoms with Crippen LogP contribution in [0.5, 0.6) is 0 Å². The number of aryl methyl sites for hydroxylation is 1. The molecule has 1 aromatic rings. The van der Waals surface area contributed by atoms with E-state index in [0.29, 0.717) is 18.0 Å². The van der Waals surface area contributed by atoms with Crippen molar-refractivity contribution in [2.45, 2.75) is 43.5 Å². The van der Waals surface area contributed by atoms with Crippen LogP contribution in [-0.2, 0) is 10.0 Å². The Morgan fingerprint density at radius 2 is 2.15 bits per heavy atom. The minimum atomic E-state index is -3.44. The van der Waals surface area contributed by atoms with Crippen LogP contribution >= 0.6 is 15.9 Å². The molecule has 1 saturated heterocycles. The van der Waals surface area contributed by atoms with E-state index in [1.54, 1.807) is 10.4 Å². The molecule has 4 nitrogen and oxygen atoms in total. The molecule has 2 N–H and O–H groups in total. The SMILES string of the molecule is Cc1ccc(Br)cc1S(=O)(=O)N1CCCCC1CCN. The van der Waals surface area contributed by atoms with E-state index in [1.807, 2.05) is 19.1 Å². The van der Waals surface area contributed by atoms with Crippen LogP contribution in [-0.4, -0.2) is 31.9 Å². The fraction of sp³-hybridized carbons (Fsp3) is 0.571. The van der Waals surface area contributed by atoms with Gasteiger partial charge in [-0.3, -0.25) is 0 Å². The largest absolute Gasteiger partial charge is 0.330 e. The van der Waals surface area contributed by atoms with E-state index in [-0.39, 0.29) is 6.04 Å². The lowest BCUT2D eigenvalue weighted by atomic mass is 10.0. The number of halogens is 1. The third kappa shape index (κ3) is 3.24. The molecule has 0 aliphatic carbocycles. The number of hydrogen-bond acceptors (Lipinski definition) is 3. The summed E-state index contributed by atoms with van der Waals surface area (Å²) in [6.45, 7) is 2.95. The maximum absolute atomic E-state index is 12.9. The smallest absolute Gasteiger partial charge is 0.243 e. The first kappa shape index (κ1) is 15.9. The average Bonchev–Trinajstić information content (AvgIpc) is 2.42. The van der Waals surface area contributed by atoms with Gasteiger partial charge in [-0.25, -0.2) is 8.42 Å². The number of nitrogens with two attached hydrogens (primary N) is 1. The van der Waals surface area contributed by atoms with Crippen LogP contribution in [0.15, 0.2) is 27.6 Å². The number of nitrogens with zero attached hydrogens (tertiary/aromatic N) is 1. The van der Waals surface area contributed by atoms with Crippen LogP contribution in [0.2, 0.25) is 0 Å². The summed E-state index contributed by atoms with van der Waals surface area (Å²) < 4.78 is 28.3. The molecule has 1 aliphatic rings. The Morgan fingerprint density at radius 3 is 2.85 bits per heavy atom. The van der Waals surface area contributed by atoms with Gasteiger partial charge in [0.25, 0.3) is 0 Å². The summed E-state index contributed by atoms with van der Waals surface area (Å²) in [4.78, 5) is 0.399. The maximum Gasteiger partial charge on any atom is 0.243 e. The van der Waals surface area contributed by atoms with Gasteiger partial charge in [0.15, 0.2) is 0 Å². The maximum atomic E-state index is 12.9. The van der Waals surface area contributed by atoms with Crippen LogP contribution in [0.1, 0.15) is 31.2 Å². The fourth-order valence-electron chi connectivity index (χ4n) is 2.75. The highest BCUT2D eigenvalue weighted by molar-refractivity contribution is 9.10. The van der Waals surface area contributed by atoms with Crippen molar-refractivity contribution < 1.29 is 8.42 Å². The van der Waals surface area contributed by atoms with Gasteiger partial charge in [0.2, 0.25) is 10.0 Å². The molecule has 0 spiro atoms. The summed E-state index contributed by atoms with van der Waals surface area (Å²) in [7, 11) is -3.44. The van der Waals surface area contributed by atoms with E-state index in [9.17, 15) is 8.42 Å². The third-order valence-electron chi connectivity index (χ3n) is 3.81. The Balaban J connectivity index is 2.39. The van der Waals surface area contributed by atoms with Gasteiger partial charge in [-0.2, -0.15) is 4.31 Å². The van der Waals surface area contributed by atoms with E-state index in [1.165, 1.54) is 0 Å². The lowest BCUT2D eigenvalue weighted by Gasteiger charge is -2.35. The molecule has 0 saturated carbocycles. The number of benzene rings is 1. The summed E-state index contributed by atoms with van der Waals surface area (Å²) in [6, 6.07) is 5.43. The molecular weight excluding hydrogens is 340 g/mol. The van der Waals surface area contributed by atoms with Crippen molar-refractivity contribution in [3.05, 3.63) is 28.2 Å². The Kier molecular flexibility index (Phi) is 5.23. The van der Waals surface area contributed by atoms with Crippen molar-refractivity contribution in [1.29, 1.82) is 0 Å². The molecule has 0 radical (unpaired) electrons. The molecule has 0 amide bonds. The highest BCUT2D eigenvalue weighted by Gasteiger charge is 2.33. The zero-order chi connectivity index (χ0) is 14.8. The van der Waals surface area contributed by atoms with Crippen molar-refractivity contribution in [2.75, 3.05) is 13.1 Å². The van der Waals surface area contributed by atoms with Gasteiger partial charge in [0, 0.05) is 17.1 Å². The Labute approximate surface area is 129 Å². The summed E-state index contributed by atoms with van der Waals surface area (Å²) in [5.74, 6) is 0. The van der Waals surface area contributed by atoms with Crippen LogP contribution < -0.4 is 5.73 Å². The number of sulfonamides is 1. The van der Waals surface area contributed by atoms with E-state index in [4.69, 9.17) is 5.73 Å². The molecule has 0 aromatic heterocycles. The minimum absolute atomic E-state index is 0.0390. The zero-order valence-electron chi connectivity index (χ0n) is 11.7. The highest BCUT2D eigenvalue weighted by Crippen LogP contribution is 2.29. The summed E-state index contributed by atoms with van der Waals surface area (Å²) in [5, 5.41) is 0. The number of piperidine rings is 1. The Bertz CT molecular complexity index is 573. The molecule has 1 heterocycles. The quantitative estimate of drug-likeness (QED) is 0.897. The molecule has 1 aliphatic heterocycles. The van der Waals surface area contributed by atoms with Crippen molar-refractivity contribution in [3.63, 3.8) is 0 Å². The molecule has 1 fully saturated rings. The molecule has 2 rings (SSSR count). The average molecular weight is 361 g/mol. The molecular formula is C14H21BrN2O2S. The normalized spacial score (nSPS) is 21.1. The molecule has 112 valence electrons. The molecule has 1 unspecified atom stereocenters. The van der Waals surface area contributed by atoms with E-state index in [2.05, 4.69) is 15.9 Å². The van der Waals surface area contributed by atoms with Gasteiger partial charge in [-0.1, -0.05) is 28.4 Å². The van der Waals surface area contributed by atoms with Gasteiger partial charge >= 0.3 is 0 Å². The van der Waals surface area contributed by atoms with Gasteiger partial charge < -0.3 is 5.73 Å². The van der Waals surface area contributed by atoms with E-state index < -0.39 is 10.0 Å². The van der Waals surface area contributed by atoms with Crippen molar-refractivity contribution in [2.24, 2.45) is 5.73 Å². The molecule has 6 heteroatoms. The van der Waals surface area contributed by atoms with Crippen LogP contribution in [0.25, 0.3) is 0 Å². The van der Waals surface area contributed by atoms with Crippen molar-refractivity contribution >= 4 is 26.0 Å². The monoisotopic (exact) mass is 360 g/mol. The summed E-state index contributed by atoms with van der Waals surface area (Å²) >= 11 is 3.36. The Morgan fingerprint density at radius 1 is 1.40 bits per heavy atom. The summed E-state index contributed by atoms with van der Waals surface area (Å²) in [6.07, 6.45) is 3.64. The zero-order valence-corrected chi connectivity index (χ0v) is 14.1. The lowest BCUT2D eigenvalue weighted by molar-refractivity contribution is 0.243. The second kappa shape index (κ2) is 6.56. The number of hydrogen-bond donors (Lipinski definition) is 1. The van der Waals surface area contributed by atoms with Gasteiger partial charge in [-0.05, 0) is 50.4 Å². The second-order valence-corrected chi connectivity index (χ2v) is 8.03. The van der Waals surface area contributed by atoms with Crippen molar-refractivity contribution in [1.82, 2.24) is 4.31 Å². The molecule has 0 bridgehead atoms. The predicted molar refractivity (Wildman–Crippen MR) is 84.1 cm³/mol. The van der Waals surface area contributed by atoms with Gasteiger partial charge in [-0.15, -0.1) is 0 Å². The number of rotatable bonds is 4. The topological polar surface area (TPSA) is 63.4 Å². The third-order valence-corrected chi connectivity index (χ3v) is 6.40. The van der Waals surface area contributed by atoms with Crippen LogP contribution in [0.3, 0.4) is 0 Å². The lowest BCUT2D eigenvalue weighted by Crippen LogP contribution is -2.44. The summed E-state index contributed by atoms with van der Waals surface area (Å²) in [5.41, 5.74) is 6.41. The van der Waals surface area contributed by atoms with Gasteiger partial charge in [0.05, 0.1) is 4.90 Å². The molecule has 20 heavy (non-hydrogen) atoms. The first-order valence-electron chi connectivity index (χ1n) is 6.95. The highest BCUT2D eigenvalue weighted by atomic mass is 79.9. The molecule has 1 aromatic carbocycles. The Hall–Kier alpha value is -0.430. The standard InChI is InChI=1S/C14H21BrN2O2S/c1-11-5-6-12(15)10-14(11)20(18,19)17-9-3-2-4-13(17)7-8-16/h5-6,10,13H,2-4,7-9,16H2,1H3. The van der Waals surface area contributed by atoms with Gasteiger partial charge in [0.1, 0.15) is 0 Å². The first-order chi connectivity index (χ1) is 9.46. The molecule has 1 atom stereocenters. The predicted octanol–water partition coefficient (Wildman–Crippen LogP) is 2.65. The second-order valence-electron chi connectivity index (χ2n) is 5.25. The van der Waals surface area contributed by atoms with Crippen LogP contribution in [0.4, 0.5) is 0 Å². The minimum Gasteiger partial charge on any atom is -0.330 e. The fourth-order valence-corrected chi connectivity index (χ4v) is 5.24. The van der Waals surface area contributed by atoms with E-state index >= 15 is 0 Å².